The van der Waals surface area contributed by atoms with Crippen molar-refractivity contribution in [1.82, 2.24) is 5.32 Å². The lowest BCUT2D eigenvalue weighted by Gasteiger charge is -2.13. The SMILES string of the molecule is COc1cc([N+](=O)[O-])ccc1NN=C(C(C)=O)C(=O)Nc1cc(CCNC(C)=O)ccc1OC. The number of nitro groups is 1. The van der Waals surface area contributed by atoms with Crippen molar-refractivity contribution in [2.24, 2.45) is 5.10 Å². The fraction of sp³-hybridized carbons (Fsp3) is 0.273. The van der Waals surface area contributed by atoms with Gasteiger partial charge in [0.05, 0.1) is 36.6 Å². The Morgan fingerprint density at radius 1 is 1.00 bits per heavy atom. The Bertz CT molecular complexity index is 1130. The van der Waals surface area contributed by atoms with Crippen LogP contribution in [0.2, 0.25) is 0 Å². The molecule has 2 aromatic rings. The van der Waals surface area contributed by atoms with Gasteiger partial charge in [-0.2, -0.15) is 5.10 Å². The van der Waals surface area contributed by atoms with E-state index in [-0.39, 0.29) is 23.0 Å². The minimum Gasteiger partial charge on any atom is -0.495 e. The Morgan fingerprint density at radius 3 is 2.29 bits per heavy atom. The number of anilines is 2. The molecule has 0 aliphatic carbocycles. The van der Waals surface area contributed by atoms with Crippen LogP contribution in [0.3, 0.4) is 0 Å². The quantitative estimate of drug-likeness (QED) is 0.195. The molecule has 0 saturated heterocycles. The zero-order chi connectivity index (χ0) is 25.3. The van der Waals surface area contributed by atoms with E-state index in [1.54, 1.807) is 18.2 Å². The molecule has 0 bridgehead atoms. The van der Waals surface area contributed by atoms with Gasteiger partial charge >= 0.3 is 0 Å². The molecule has 34 heavy (non-hydrogen) atoms. The predicted molar refractivity (Wildman–Crippen MR) is 125 cm³/mol. The first-order chi connectivity index (χ1) is 16.2. The Hall–Kier alpha value is -4.48. The number of non-ortho nitro benzene ring substituents is 1. The average molecular weight is 471 g/mol. The van der Waals surface area contributed by atoms with Crippen molar-refractivity contribution >= 4 is 40.4 Å². The summed E-state index contributed by atoms with van der Waals surface area (Å²) in [7, 11) is 2.75. The first-order valence-electron chi connectivity index (χ1n) is 10.1. The molecule has 180 valence electrons. The van der Waals surface area contributed by atoms with E-state index in [0.717, 1.165) is 5.56 Å². The maximum atomic E-state index is 12.8. The molecule has 12 nitrogen and oxygen atoms in total. The number of hydrogen-bond donors (Lipinski definition) is 3. The van der Waals surface area contributed by atoms with Crippen molar-refractivity contribution in [2.75, 3.05) is 31.5 Å². The van der Waals surface area contributed by atoms with Crippen LogP contribution in [0.1, 0.15) is 19.4 Å². The monoisotopic (exact) mass is 471 g/mol. The Morgan fingerprint density at radius 2 is 1.71 bits per heavy atom. The number of carbonyl (C=O) groups is 3. The highest BCUT2D eigenvalue weighted by atomic mass is 16.6. The molecule has 0 saturated carbocycles. The molecule has 12 heteroatoms. The number of nitrogens with one attached hydrogen (secondary N) is 3. The van der Waals surface area contributed by atoms with E-state index in [1.165, 1.54) is 46.3 Å². The molecule has 0 unspecified atom stereocenters. The van der Waals surface area contributed by atoms with Gasteiger partial charge in [-0.1, -0.05) is 6.07 Å². The second-order valence-electron chi connectivity index (χ2n) is 6.99. The van der Waals surface area contributed by atoms with E-state index in [9.17, 15) is 24.5 Å². The summed E-state index contributed by atoms with van der Waals surface area (Å²) in [6, 6.07) is 8.87. The van der Waals surface area contributed by atoms with Crippen LogP contribution in [-0.4, -0.2) is 49.0 Å². The Labute approximate surface area is 195 Å². The minimum atomic E-state index is -0.793. The summed E-state index contributed by atoms with van der Waals surface area (Å²) in [5.74, 6) is -1.09. The standard InChI is InChI=1S/C22H25N5O7/c1-13(28)21(26-25-17-7-6-16(27(31)32)12-20(17)34-4)22(30)24-18-11-15(5-8-19(18)33-3)9-10-23-14(2)29/h5-8,11-12,25H,9-10H2,1-4H3,(H,23,29)(H,24,30). The molecule has 0 radical (unpaired) electrons. The molecule has 3 N–H and O–H groups in total. The molecular formula is C22H25N5O7. The molecule has 0 heterocycles. The van der Waals surface area contributed by atoms with Gasteiger partial charge in [0.25, 0.3) is 11.6 Å². The fourth-order valence-corrected chi connectivity index (χ4v) is 2.86. The van der Waals surface area contributed by atoms with Crippen LogP contribution in [0.4, 0.5) is 17.1 Å². The predicted octanol–water partition coefficient (Wildman–Crippen LogP) is 2.29. The maximum absolute atomic E-state index is 12.8. The highest BCUT2D eigenvalue weighted by molar-refractivity contribution is 6.67. The molecule has 0 aliphatic rings. The van der Waals surface area contributed by atoms with E-state index >= 15 is 0 Å². The number of ketones is 1. The van der Waals surface area contributed by atoms with Crippen LogP contribution in [0.15, 0.2) is 41.5 Å². The van der Waals surface area contributed by atoms with E-state index in [4.69, 9.17) is 9.47 Å². The largest absolute Gasteiger partial charge is 0.495 e. The summed E-state index contributed by atoms with van der Waals surface area (Å²) in [6.07, 6.45) is 0.515. The molecular weight excluding hydrogens is 446 g/mol. The lowest BCUT2D eigenvalue weighted by molar-refractivity contribution is -0.384. The molecule has 0 aliphatic heterocycles. The smallest absolute Gasteiger partial charge is 0.279 e. The van der Waals surface area contributed by atoms with Crippen molar-refractivity contribution in [2.45, 2.75) is 20.3 Å². The molecule has 0 fully saturated rings. The van der Waals surface area contributed by atoms with Crippen molar-refractivity contribution < 1.29 is 28.8 Å². The van der Waals surface area contributed by atoms with Gasteiger partial charge in [0.1, 0.15) is 5.75 Å². The molecule has 0 spiro atoms. The van der Waals surface area contributed by atoms with Gasteiger partial charge in [-0.05, 0) is 30.2 Å². The lowest BCUT2D eigenvalue weighted by atomic mass is 10.1. The first-order valence-corrected chi connectivity index (χ1v) is 10.1. The second-order valence-corrected chi connectivity index (χ2v) is 6.99. The van der Waals surface area contributed by atoms with E-state index in [2.05, 4.69) is 21.2 Å². The van der Waals surface area contributed by atoms with Gasteiger partial charge < -0.3 is 20.1 Å². The number of rotatable bonds is 11. The lowest BCUT2D eigenvalue weighted by Crippen LogP contribution is -2.29. The zero-order valence-electron chi connectivity index (χ0n) is 19.1. The minimum absolute atomic E-state index is 0.106. The van der Waals surface area contributed by atoms with Crippen LogP contribution in [0.5, 0.6) is 11.5 Å². The summed E-state index contributed by atoms with van der Waals surface area (Å²) in [5.41, 5.74) is 3.27. The fourth-order valence-electron chi connectivity index (χ4n) is 2.86. The van der Waals surface area contributed by atoms with Crippen LogP contribution in [-0.2, 0) is 20.8 Å². The van der Waals surface area contributed by atoms with Crippen LogP contribution >= 0.6 is 0 Å². The van der Waals surface area contributed by atoms with E-state index in [0.29, 0.717) is 24.4 Å². The number of benzene rings is 2. The Kier molecular flexibility index (Phi) is 9.06. The number of nitro benzene ring substituents is 1. The first kappa shape index (κ1) is 25.8. The maximum Gasteiger partial charge on any atom is 0.279 e. The number of ether oxygens (including phenoxy) is 2. The number of hydrogen-bond acceptors (Lipinski definition) is 9. The summed E-state index contributed by atoms with van der Waals surface area (Å²) < 4.78 is 10.4. The third-order valence-electron chi connectivity index (χ3n) is 4.53. The van der Waals surface area contributed by atoms with Crippen molar-refractivity contribution in [3.8, 4) is 11.5 Å². The van der Waals surface area contributed by atoms with E-state index in [1.807, 2.05) is 0 Å². The average Bonchev–Trinajstić information content (AvgIpc) is 2.78. The highest BCUT2D eigenvalue weighted by Crippen LogP contribution is 2.29. The summed E-state index contributed by atoms with van der Waals surface area (Å²) in [6.45, 7) is 3.01. The number of amides is 2. The Balaban J connectivity index is 2.25. The normalized spacial score (nSPS) is 10.8. The molecule has 2 rings (SSSR count). The van der Waals surface area contributed by atoms with Gasteiger partial charge in [0, 0.05) is 26.5 Å². The van der Waals surface area contributed by atoms with Gasteiger partial charge in [-0.3, -0.25) is 29.9 Å². The number of Topliss-reactive ketones (excluding diaryl/α,β-unsaturated/α-hetero) is 1. The molecule has 2 aromatic carbocycles. The van der Waals surface area contributed by atoms with Crippen molar-refractivity contribution in [1.29, 1.82) is 0 Å². The number of hydrazone groups is 1. The van der Waals surface area contributed by atoms with Crippen LogP contribution in [0.25, 0.3) is 0 Å². The van der Waals surface area contributed by atoms with Gasteiger partial charge in [0.15, 0.2) is 17.2 Å². The third-order valence-corrected chi connectivity index (χ3v) is 4.53. The van der Waals surface area contributed by atoms with Gasteiger partial charge in [0.2, 0.25) is 5.91 Å². The third kappa shape index (κ3) is 7.02. The number of nitrogens with zero attached hydrogens (tertiary/aromatic N) is 2. The summed E-state index contributed by atoms with van der Waals surface area (Å²) in [4.78, 5) is 46.3. The topological polar surface area (TPSA) is 161 Å². The van der Waals surface area contributed by atoms with Gasteiger partial charge in [-0.25, -0.2) is 0 Å². The summed E-state index contributed by atoms with van der Waals surface area (Å²) in [5, 5.41) is 20.1. The zero-order valence-corrected chi connectivity index (χ0v) is 19.1. The van der Waals surface area contributed by atoms with Crippen LogP contribution < -0.4 is 25.5 Å². The number of carbonyl (C=O) groups excluding carboxylic acids is 3. The highest BCUT2D eigenvalue weighted by Gasteiger charge is 2.20. The molecule has 0 aromatic heterocycles. The molecule has 0 atom stereocenters. The van der Waals surface area contributed by atoms with Crippen LogP contribution in [0, 0.1) is 10.1 Å². The van der Waals surface area contributed by atoms with E-state index < -0.39 is 22.3 Å². The van der Waals surface area contributed by atoms with Crippen molar-refractivity contribution in [3.63, 3.8) is 0 Å². The molecule has 2 amide bonds. The summed E-state index contributed by atoms with van der Waals surface area (Å²) >= 11 is 0. The van der Waals surface area contributed by atoms with Gasteiger partial charge in [-0.15, -0.1) is 0 Å². The second kappa shape index (κ2) is 11.9. The number of methoxy groups -OCH3 is 2. The van der Waals surface area contributed by atoms with Crippen molar-refractivity contribution in [3.05, 3.63) is 52.1 Å².